The SMILES string of the molecule is CC(C)OC(=O)OC1=C(/C=C/C2=[N+](CCCCS(=O)(=O)O)c3ccc4ccccc4c3C2(C)C)CC/C1=C\C=C1\N(CCCCS(=O)(=O)O)c2ccc3ccccc3c2C1(C)C. The molecule has 0 fully saturated rings. The molecule has 4 aromatic rings. The third-order valence-electron chi connectivity index (χ3n) is 12.2. The van der Waals surface area contributed by atoms with E-state index in [0.29, 0.717) is 57.4 Å². The molecule has 0 saturated carbocycles. The van der Waals surface area contributed by atoms with Gasteiger partial charge in [-0.15, -0.1) is 0 Å². The molecule has 13 heteroatoms. The number of carbonyl (C=O) groups excluding carboxylic acids is 1. The number of benzene rings is 4. The highest BCUT2D eigenvalue weighted by atomic mass is 32.2. The number of anilines is 1. The van der Waals surface area contributed by atoms with Gasteiger partial charge < -0.3 is 14.4 Å². The summed E-state index contributed by atoms with van der Waals surface area (Å²) >= 11 is 0. The predicted octanol–water partition coefficient (Wildman–Crippen LogP) is 10.5. The summed E-state index contributed by atoms with van der Waals surface area (Å²) in [5, 5.41) is 4.52. The van der Waals surface area contributed by atoms with Crippen LogP contribution in [0.4, 0.5) is 16.2 Å². The van der Waals surface area contributed by atoms with Gasteiger partial charge in [0.1, 0.15) is 12.3 Å². The Labute approximate surface area is 365 Å². The Morgan fingerprint density at radius 2 is 1.37 bits per heavy atom. The Hall–Kier alpha value is -5.08. The van der Waals surface area contributed by atoms with Crippen molar-refractivity contribution in [2.24, 2.45) is 0 Å². The lowest BCUT2D eigenvalue weighted by Gasteiger charge is -2.27. The summed E-state index contributed by atoms with van der Waals surface area (Å²) in [6.07, 6.45) is 9.90. The maximum absolute atomic E-state index is 13.2. The average Bonchev–Trinajstić information content (AvgIpc) is 3.75. The van der Waals surface area contributed by atoms with Gasteiger partial charge in [-0.25, -0.2) is 4.79 Å². The second-order valence-corrected chi connectivity index (χ2v) is 20.9. The molecular formula is C49H57N2O9S2+. The van der Waals surface area contributed by atoms with Crippen molar-refractivity contribution in [3.8, 4) is 0 Å². The molecule has 0 amide bonds. The molecule has 0 radical (unpaired) electrons. The monoisotopic (exact) mass is 881 g/mol. The van der Waals surface area contributed by atoms with Gasteiger partial charge in [0.25, 0.3) is 20.2 Å². The van der Waals surface area contributed by atoms with Gasteiger partial charge in [-0.1, -0.05) is 74.5 Å². The number of allylic oxidation sites excluding steroid dienone is 7. The van der Waals surface area contributed by atoms with E-state index in [1.807, 2.05) is 36.4 Å². The molecule has 0 saturated heterocycles. The van der Waals surface area contributed by atoms with Crippen molar-refractivity contribution in [2.45, 2.75) is 97.0 Å². The van der Waals surface area contributed by atoms with E-state index >= 15 is 0 Å². The summed E-state index contributed by atoms with van der Waals surface area (Å²) in [5.74, 6) is -0.185. The minimum Gasteiger partial charge on any atom is -0.431 e. The lowest BCUT2D eigenvalue weighted by Crippen LogP contribution is -2.28. The van der Waals surface area contributed by atoms with Crippen LogP contribution in [0.2, 0.25) is 0 Å². The second kappa shape index (κ2) is 17.6. The van der Waals surface area contributed by atoms with Crippen LogP contribution >= 0.6 is 0 Å². The summed E-state index contributed by atoms with van der Waals surface area (Å²) in [6.45, 7) is 13.4. The van der Waals surface area contributed by atoms with Gasteiger partial charge >= 0.3 is 6.16 Å². The smallest absolute Gasteiger partial charge is 0.431 e. The van der Waals surface area contributed by atoms with Gasteiger partial charge in [0.2, 0.25) is 5.69 Å². The number of rotatable bonds is 15. The third kappa shape index (κ3) is 9.46. The summed E-state index contributed by atoms with van der Waals surface area (Å²) in [4.78, 5) is 15.5. The molecule has 2 N–H and O–H groups in total. The minimum absolute atomic E-state index is 0.306. The fourth-order valence-corrected chi connectivity index (χ4v) is 10.6. The van der Waals surface area contributed by atoms with Crippen LogP contribution in [-0.4, -0.2) is 73.1 Å². The van der Waals surface area contributed by atoms with Crippen LogP contribution in [0.3, 0.4) is 0 Å². The second-order valence-electron chi connectivity index (χ2n) is 17.7. The number of carbonyl (C=O) groups is 1. The maximum Gasteiger partial charge on any atom is 0.514 e. The number of nitrogens with zero attached hydrogens (tertiary/aromatic N) is 2. The first kappa shape index (κ1) is 45.0. The van der Waals surface area contributed by atoms with Crippen molar-refractivity contribution in [3.63, 3.8) is 0 Å². The third-order valence-corrected chi connectivity index (χ3v) is 13.8. The van der Waals surface area contributed by atoms with E-state index in [1.54, 1.807) is 13.8 Å². The van der Waals surface area contributed by atoms with Crippen LogP contribution < -0.4 is 4.90 Å². The summed E-state index contributed by atoms with van der Waals surface area (Å²) in [5.41, 5.74) is 7.20. The first-order chi connectivity index (χ1) is 29.3. The highest BCUT2D eigenvalue weighted by molar-refractivity contribution is 7.86. The van der Waals surface area contributed by atoms with Crippen LogP contribution in [0.25, 0.3) is 21.5 Å². The zero-order valence-corrected chi connectivity index (χ0v) is 38.0. The Morgan fingerprint density at radius 3 is 2.02 bits per heavy atom. The highest BCUT2D eigenvalue weighted by Crippen LogP contribution is 2.51. The molecule has 328 valence electrons. The largest absolute Gasteiger partial charge is 0.514 e. The molecule has 2 heterocycles. The molecule has 11 nitrogen and oxygen atoms in total. The summed E-state index contributed by atoms with van der Waals surface area (Å²) in [7, 11) is -8.17. The molecular weight excluding hydrogens is 825 g/mol. The van der Waals surface area contributed by atoms with E-state index in [2.05, 4.69) is 97.9 Å². The van der Waals surface area contributed by atoms with Gasteiger partial charge in [-0.3, -0.25) is 9.11 Å². The van der Waals surface area contributed by atoms with Crippen LogP contribution in [0.5, 0.6) is 0 Å². The van der Waals surface area contributed by atoms with Gasteiger partial charge in [0, 0.05) is 47.5 Å². The van der Waals surface area contributed by atoms with Crippen molar-refractivity contribution in [2.75, 3.05) is 29.5 Å². The normalized spacial score (nSPS) is 18.6. The van der Waals surface area contributed by atoms with E-state index in [9.17, 15) is 30.7 Å². The number of ether oxygens (including phenoxy) is 2. The molecule has 3 aliphatic rings. The lowest BCUT2D eigenvalue weighted by molar-refractivity contribution is -0.438. The van der Waals surface area contributed by atoms with Crippen molar-refractivity contribution in [3.05, 3.63) is 131 Å². The lowest BCUT2D eigenvalue weighted by atomic mass is 9.79. The van der Waals surface area contributed by atoms with Crippen molar-refractivity contribution >= 4 is 65.0 Å². The molecule has 2 aliphatic heterocycles. The van der Waals surface area contributed by atoms with Gasteiger partial charge in [0.05, 0.1) is 23.0 Å². The van der Waals surface area contributed by atoms with E-state index < -0.39 is 43.3 Å². The van der Waals surface area contributed by atoms with Gasteiger partial charge in [-0.05, 0) is 122 Å². The van der Waals surface area contributed by atoms with Crippen LogP contribution in [0.1, 0.15) is 91.2 Å². The first-order valence-electron chi connectivity index (χ1n) is 21.3. The number of hydrogen-bond acceptors (Lipinski definition) is 8. The fourth-order valence-electron chi connectivity index (χ4n) is 9.47. The number of unbranched alkanes of at least 4 members (excludes halogenated alkanes) is 2. The Balaban J connectivity index is 1.29. The van der Waals surface area contributed by atoms with E-state index in [4.69, 9.17) is 9.47 Å². The number of fused-ring (bicyclic) bond motifs is 6. The predicted molar refractivity (Wildman–Crippen MR) is 247 cm³/mol. The van der Waals surface area contributed by atoms with E-state index in [-0.39, 0.29) is 11.5 Å². The van der Waals surface area contributed by atoms with E-state index in [0.717, 1.165) is 55.5 Å². The van der Waals surface area contributed by atoms with Crippen molar-refractivity contribution in [1.82, 2.24) is 0 Å². The van der Waals surface area contributed by atoms with Gasteiger partial charge in [-0.2, -0.15) is 21.4 Å². The fraction of sp³-hybridized carbons (Fsp3) is 0.388. The molecule has 0 atom stereocenters. The molecule has 0 unspecified atom stereocenters. The van der Waals surface area contributed by atoms with E-state index in [1.165, 1.54) is 11.1 Å². The van der Waals surface area contributed by atoms with Crippen LogP contribution in [0, 0.1) is 0 Å². The maximum atomic E-state index is 13.2. The Morgan fingerprint density at radius 1 is 0.758 bits per heavy atom. The average molecular weight is 882 g/mol. The topological polar surface area (TPSA) is 151 Å². The van der Waals surface area contributed by atoms with Crippen molar-refractivity contribution in [1.29, 1.82) is 0 Å². The molecule has 0 aromatic heterocycles. The van der Waals surface area contributed by atoms with Crippen molar-refractivity contribution < 1.29 is 44.8 Å². The molecule has 4 aromatic carbocycles. The zero-order chi connectivity index (χ0) is 44.6. The molecule has 1 aliphatic carbocycles. The minimum atomic E-state index is -4.09. The molecule has 7 rings (SSSR count). The molecule has 0 bridgehead atoms. The zero-order valence-electron chi connectivity index (χ0n) is 36.3. The first-order valence-corrected chi connectivity index (χ1v) is 24.6. The Bertz CT molecular complexity index is 2810. The standard InChI is InChI=1S/C49H56N2O9S2/c1-33(2)59-47(52)60-46-36(23-27-42-48(3,4)44-38-17-9-7-15-34(38)21-25-40(44)50(42)29-11-13-31-61(53,54)55)19-20-37(46)24-28-43-49(5,6)45-39-18-10-8-16-35(39)22-26-41(45)51(43)30-12-14-32-62(56,57)58/h7-10,15-18,21-28,33H,11-14,19-20,29-32H2,1-6H3,(H-,53,54,55,56,57,58)/p+1. The van der Waals surface area contributed by atoms with Crippen LogP contribution in [0.15, 0.2) is 120 Å². The molecule has 0 spiro atoms. The van der Waals surface area contributed by atoms with Gasteiger partial charge in [0.15, 0.2) is 5.71 Å². The highest BCUT2D eigenvalue weighted by Gasteiger charge is 2.46. The summed E-state index contributed by atoms with van der Waals surface area (Å²) in [6, 6.07) is 25.0. The quantitative estimate of drug-likeness (QED) is 0.0511. The van der Waals surface area contributed by atoms with Crippen LogP contribution in [-0.2, 0) is 40.5 Å². The molecule has 62 heavy (non-hydrogen) atoms. The Kier molecular flexibility index (Phi) is 12.8. The summed E-state index contributed by atoms with van der Waals surface area (Å²) < 4.78 is 78.9. The number of hydrogen-bond donors (Lipinski definition) is 2.